The van der Waals surface area contributed by atoms with Crippen molar-refractivity contribution < 1.29 is 9.84 Å². The van der Waals surface area contributed by atoms with Crippen LogP contribution in [-0.4, -0.2) is 23.9 Å². The van der Waals surface area contributed by atoms with Crippen LogP contribution in [0.25, 0.3) is 0 Å². The number of aliphatic hydroxyl groups is 1. The smallest absolute Gasteiger partial charge is 0.0834 e. The van der Waals surface area contributed by atoms with Crippen molar-refractivity contribution in [2.24, 2.45) is 0 Å². The van der Waals surface area contributed by atoms with Crippen LogP contribution in [0.1, 0.15) is 45.4 Å². The van der Waals surface area contributed by atoms with E-state index in [1.54, 1.807) is 0 Å². The lowest BCUT2D eigenvalue weighted by Crippen LogP contribution is -2.24. The van der Waals surface area contributed by atoms with E-state index in [1.165, 1.54) is 12.8 Å². The van der Waals surface area contributed by atoms with Crippen molar-refractivity contribution in [3.05, 3.63) is 0 Å². The summed E-state index contributed by atoms with van der Waals surface area (Å²) in [5, 5.41) is 9.65. The zero-order valence-corrected chi connectivity index (χ0v) is 7.96. The van der Waals surface area contributed by atoms with Gasteiger partial charge in [0, 0.05) is 6.61 Å². The molecule has 0 saturated carbocycles. The lowest BCUT2D eigenvalue weighted by molar-refractivity contribution is -0.00631. The Bertz CT molecular complexity index is 108. The van der Waals surface area contributed by atoms with Gasteiger partial charge in [-0.2, -0.15) is 0 Å². The van der Waals surface area contributed by atoms with Gasteiger partial charge in [0.2, 0.25) is 0 Å². The Morgan fingerprint density at radius 2 is 2.33 bits per heavy atom. The van der Waals surface area contributed by atoms with E-state index in [0.717, 1.165) is 32.3 Å². The summed E-state index contributed by atoms with van der Waals surface area (Å²) in [6, 6.07) is 0. The Labute approximate surface area is 74.9 Å². The Morgan fingerprint density at radius 1 is 1.50 bits per heavy atom. The van der Waals surface area contributed by atoms with E-state index in [-0.39, 0.29) is 12.2 Å². The molecule has 2 heteroatoms. The second-order valence-electron chi connectivity index (χ2n) is 3.61. The number of hydrogen-bond donors (Lipinski definition) is 1. The first kappa shape index (κ1) is 10.0. The normalized spacial score (nSPS) is 26.0. The molecule has 1 aliphatic rings. The highest BCUT2D eigenvalue weighted by molar-refractivity contribution is 4.73. The van der Waals surface area contributed by atoms with Gasteiger partial charge < -0.3 is 9.84 Å². The van der Waals surface area contributed by atoms with Crippen LogP contribution in [0.15, 0.2) is 0 Å². The van der Waals surface area contributed by atoms with E-state index >= 15 is 0 Å². The average molecular weight is 172 g/mol. The lowest BCUT2D eigenvalue weighted by atomic mass is 10.0. The van der Waals surface area contributed by atoms with Gasteiger partial charge in [0.25, 0.3) is 0 Å². The quantitative estimate of drug-likeness (QED) is 0.643. The molecule has 1 N–H and O–H groups in total. The highest BCUT2D eigenvalue weighted by atomic mass is 16.5. The van der Waals surface area contributed by atoms with Gasteiger partial charge in [-0.1, -0.05) is 26.2 Å². The van der Waals surface area contributed by atoms with E-state index in [1.807, 2.05) is 0 Å². The van der Waals surface area contributed by atoms with Crippen molar-refractivity contribution in [2.45, 2.75) is 57.7 Å². The van der Waals surface area contributed by atoms with E-state index < -0.39 is 0 Å². The minimum absolute atomic E-state index is 0.141. The number of unbranched alkanes of at least 4 members (excludes halogenated alkanes) is 2. The summed E-state index contributed by atoms with van der Waals surface area (Å²) in [7, 11) is 0. The second-order valence-corrected chi connectivity index (χ2v) is 3.61. The molecule has 2 nitrogen and oxygen atoms in total. The topological polar surface area (TPSA) is 29.5 Å². The predicted molar refractivity (Wildman–Crippen MR) is 49.1 cm³/mol. The van der Waals surface area contributed by atoms with Gasteiger partial charge in [0.15, 0.2) is 0 Å². The van der Waals surface area contributed by atoms with Crippen molar-refractivity contribution >= 4 is 0 Å². The van der Waals surface area contributed by atoms with Crippen LogP contribution in [0.5, 0.6) is 0 Å². The number of rotatable bonds is 5. The number of ether oxygens (including phenoxy) is 1. The highest BCUT2D eigenvalue weighted by Gasteiger charge is 2.23. The maximum Gasteiger partial charge on any atom is 0.0834 e. The van der Waals surface area contributed by atoms with Crippen molar-refractivity contribution in [3.63, 3.8) is 0 Å². The van der Waals surface area contributed by atoms with Crippen molar-refractivity contribution in [1.29, 1.82) is 0 Å². The summed E-state index contributed by atoms with van der Waals surface area (Å²) in [4.78, 5) is 0. The first-order valence-corrected chi connectivity index (χ1v) is 5.14. The molecule has 1 rings (SSSR count). The van der Waals surface area contributed by atoms with Crippen molar-refractivity contribution in [3.8, 4) is 0 Å². The molecule has 1 heterocycles. The molecule has 0 bridgehead atoms. The summed E-state index contributed by atoms with van der Waals surface area (Å²) >= 11 is 0. The van der Waals surface area contributed by atoms with Gasteiger partial charge in [-0.05, 0) is 19.3 Å². The minimum atomic E-state index is -0.209. The Morgan fingerprint density at radius 3 is 2.92 bits per heavy atom. The number of hydrogen-bond acceptors (Lipinski definition) is 2. The van der Waals surface area contributed by atoms with Crippen LogP contribution in [-0.2, 0) is 4.74 Å². The fraction of sp³-hybridized carbons (Fsp3) is 1.00. The second kappa shape index (κ2) is 5.55. The first-order valence-electron chi connectivity index (χ1n) is 5.14. The Kier molecular flexibility index (Phi) is 4.62. The monoisotopic (exact) mass is 172 g/mol. The third-order valence-corrected chi connectivity index (χ3v) is 2.50. The van der Waals surface area contributed by atoms with E-state index in [2.05, 4.69) is 6.92 Å². The molecule has 0 aromatic carbocycles. The maximum atomic E-state index is 9.65. The standard InChI is InChI=1S/C10H20O2/c1-2-3-4-6-9(11)10-7-5-8-12-10/h9-11H,2-8H2,1H3/t9-,10-/m0/s1. The van der Waals surface area contributed by atoms with Crippen LogP contribution in [0, 0.1) is 0 Å². The van der Waals surface area contributed by atoms with Gasteiger partial charge in [-0.15, -0.1) is 0 Å². The summed E-state index contributed by atoms with van der Waals surface area (Å²) in [5.74, 6) is 0. The summed E-state index contributed by atoms with van der Waals surface area (Å²) in [6.07, 6.45) is 6.60. The Hall–Kier alpha value is -0.0800. The molecule has 0 aliphatic carbocycles. The fourth-order valence-corrected chi connectivity index (χ4v) is 1.70. The van der Waals surface area contributed by atoms with Gasteiger partial charge in [-0.3, -0.25) is 0 Å². The third-order valence-electron chi connectivity index (χ3n) is 2.50. The molecule has 2 atom stereocenters. The van der Waals surface area contributed by atoms with Crippen LogP contribution < -0.4 is 0 Å². The largest absolute Gasteiger partial charge is 0.390 e. The van der Waals surface area contributed by atoms with Gasteiger partial charge >= 0.3 is 0 Å². The average Bonchev–Trinajstić information content (AvgIpc) is 2.56. The predicted octanol–water partition coefficient (Wildman–Crippen LogP) is 2.11. The van der Waals surface area contributed by atoms with E-state index in [4.69, 9.17) is 4.74 Å². The molecule has 0 radical (unpaired) electrons. The van der Waals surface area contributed by atoms with E-state index in [0.29, 0.717) is 0 Å². The molecule has 0 aromatic rings. The van der Waals surface area contributed by atoms with Crippen molar-refractivity contribution in [1.82, 2.24) is 0 Å². The summed E-state index contributed by atoms with van der Waals surface area (Å²) in [5.41, 5.74) is 0. The van der Waals surface area contributed by atoms with Crippen LogP contribution in [0.2, 0.25) is 0 Å². The van der Waals surface area contributed by atoms with Crippen molar-refractivity contribution in [2.75, 3.05) is 6.61 Å². The number of aliphatic hydroxyl groups excluding tert-OH is 1. The molecular weight excluding hydrogens is 152 g/mol. The molecule has 1 fully saturated rings. The Balaban J connectivity index is 2.05. The zero-order chi connectivity index (χ0) is 8.81. The van der Waals surface area contributed by atoms with Crippen LogP contribution in [0.3, 0.4) is 0 Å². The first-order chi connectivity index (χ1) is 5.84. The molecule has 1 saturated heterocycles. The summed E-state index contributed by atoms with van der Waals surface area (Å²) < 4.78 is 5.40. The molecule has 0 spiro atoms. The van der Waals surface area contributed by atoms with Crippen LogP contribution in [0.4, 0.5) is 0 Å². The van der Waals surface area contributed by atoms with Gasteiger partial charge in [0.05, 0.1) is 12.2 Å². The van der Waals surface area contributed by atoms with Gasteiger partial charge in [0.1, 0.15) is 0 Å². The molecular formula is C10H20O2. The molecule has 0 amide bonds. The maximum absolute atomic E-state index is 9.65. The molecule has 0 aromatic heterocycles. The fourth-order valence-electron chi connectivity index (χ4n) is 1.70. The zero-order valence-electron chi connectivity index (χ0n) is 7.96. The van der Waals surface area contributed by atoms with Gasteiger partial charge in [-0.25, -0.2) is 0 Å². The minimum Gasteiger partial charge on any atom is -0.390 e. The molecule has 1 aliphatic heterocycles. The highest BCUT2D eigenvalue weighted by Crippen LogP contribution is 2.19. The molecule has 12 heavy (non-hydrogen) atoms. The lowest BCUT2D eigenvalue weighted by Gasteiger charge is -2.16. The third kappa shape index (κ3) is 3.11. The molecule has 0 unspecified atom stereocenters. The SMILES string of the molecule is CCCCC[C@H](O)[C@@H]1CCCO1. The van der Waals surface area contributed by atoms with E-state index in [9.17, 15) is 5.11 Å². The van der Waals surface area contributed by atoms with Crippen LogP contribution >= 0.6 is 0 Å². The molecule has 72 valence electrons. The summed E-state index contributed by atoms with van der Waals surface area (Å²) in [6.45, 7) is 3.02.